The van der Waals surface area contributed by atoms with Crippen LogP contribution in [0.2, 0.25) is 0 Å². The molecule has 0 radical (unpaired) electrons. The molecule has 0 heterocycles. The zero-order valence-corrected chi connectivity index (χ0v) is 53.7. The second kappa shape index (κ2) is 67.6. The molecule has 0 aliphatic rings. The molecule has 0 saturated carbocycles. The average Bonchev–Trinajstić information content (AvgIpc) is 3.45. The van der Waals surface area contributed by atoms with Crippen molar-refractivity contribution in [2.75, 3.05) is 6.61 Å². The minimum absolute atomic E-state index is 0.365. The van der Waals surface area contributed by atoms with Crippen LogP contribution in [0.5, 0.6) is 0 Å². The zero-order valence-electron chi connectivity index (χ0n) is 53.7. The van der Waals surface area contributed by atoms with E-state index in [4.69, 9.17) is 0 Å². The molecule has 0 aromatic heterocycles. The molecule has 79 heavy (non-hydrogen) atoms. The van der Waals surface area contributed by atoms with Crippen molar-refractivity contribution in [3.63, 3.8) is 0 Å². The number of hydrogen-bond acceptors (Lipinski definition) is 5. The first-order chi connectivity index (χ1) is 39.0. The smallest absolute Gasteiger partial charge is 0.249 e. The van der Waals surface area contributed by atoms with Crippen LogP contribution in [-0.2, 0) is 4.79 Å². The van der Waals surface area contributed by atoms with Gasteiger partial charge in [-0.3, -0.25) is 4.79 Å². The minimum atomic E-state index is -1.29. The quantitative estimate of drug-likeness (QED) is 0.0308. The first kappa shape index (κ1) is 77.8. The molecule has 0 aromatic carbocycles. The summed E-state index contributed by atoms with van der Waals surface area (Å²) in [6.45, 7) is 4.10. The number of carbonyl (C=O) groups excluding carboxylic acids is 1. The van der Waals surface area contributed by atoms with Gasteiger partial charge in [0, 0.05) is 0 Å². The summed E-state index contributed by atoms with van der Waals surface area (Å²) in [6, 6.07) is -1.01. The first-order valence-electron chi connectivity index (χ1n) is 36.2. The topological polar surface area (TPSA) is 110 Å². The molecule has 0 rings (SSSR count). The normalized spacial score (nSPS) is 13.5. The maximum atomic E-state index is 12.7. The molecule has 0 bridgehead atoms. The van der Waals surface area contributed by atoms with Gasteiger partial charge in [-0.15, -0.1) is 0 Å². The predicted octanol–water partition coefficient (Wildman–Crippen LogP) is 22.5. The van der Waals surface area contributed by atoms with Gasteiger partial charge in [-0.2, -0.15) is 0 Å². The molecule has 6 nitrogen and oxygen atoms in total. The summed E-state index contributed by atoms with van der Waals surface area (Å²) >= 11 is 0. The highest BCUT2D eigenvalue weighted by atomic mass is 16.3. The number of allylic oxidation sites excluding steroid dienone is 4. The molecule has 0 aliphatic heterocycles. The van der Waals surface area contributed by atoms with E-state index in [-0.39, 0.29) is 0 Å². The van der Waals surface area contributed by atoms with Crippen molar-refractivity contribution >= 4 is 5.91 Å². The third-order valence-electron chi connectivity index (χ3n) is 17.4. The van der Waals surface area contributed by atoms with E-state index in [9.17, 15) is 25.2 Å². The molecule has 4 atom stereocenters. The lowest BCUT2D eigenvalue weighted by Gasteiger charge is -2.27. The van der Waals surface area contributed by atoms with Crippen LogP contribution >= 0.6 is 0 Å². The Morgan fingerprint density at radius 2 is 0.532 bits per heavy atom. The first-order valence-corrected chi connectivity index (χ1v) is 36.2. The highest BCUT2D eigenvalue weighted by Crippen LogP contribution is 2.20. The fourth-order valence-corrected chi connectivity index (χ4v) is 11.8. The summed E-state index contributed by atoms with van der Waals surface area (Å²) in [7, 11) is 0. The summed E-state index contributed by atoms with van der Waals surface area (Å²) in [4.78, 5) is 12.7. The molecule has 1 amide bonds. The van der Waals surface area contributed by atoms with E-state index >= 15 is 0 Å². The Balaban J connectivity index is 3.56. The maximum absolute atomic E-state index is 12.7. The number of aliphatic hydroxyl groups excluding tert-OH is 4. The summed E-state index contributed by atoms with van der Waals surface area (Å²) in [5.41, 5.74) is 0. The SMILES string of the molecule is CCCCCCCCCCCCCCCCCCCCCCCCC/C=C/CC/C=C/CCCC(O)C(O)C(CO)NC(=O)C(O)CCCCCCCCCCCCCCCCCCCCCCCCCCCCCCCCC. The number of aliphatic hydroxyl groups is 4. The Morgan fingerprint density at radius 1 is 0.304 bits per heavy atom. The molecule has 6 heteroatoms. The van der Waals surface area contributed by atoms with Gasteiger partial charge in [0.2, 0.25) is 5.91 Å². The minimum Gasteiger partial charge on any atom is -0.394 e. The summed E-state index contributed by atoms with van der Waals surface area (Å²) in [5.74, 6) is -0.589. The van der Waals surface area contributed by atoms with E-state index < -0.39 is 36.9 Å². The number of rotatable bonds is 68. The van der Waals surface area contributed by atoms with Crippen LogP contribution in [0.15, 0.2) is 24.3 Å². The van der Waals surface area contributed by atoms with Gasteiger partial charge in [-0.25, -0.2) is 0 Å². The van der Waals surface area contributed by atoms with Gasteiger partial charge < -0.3 is 25.7 Å². The van der Waals surface area contributed by atoms with Crippen molar-refractivity contribution in [1.29, 1.82) is 0 Å². The van der Waals surface area contributed by atoms with Gasteiger partial charge in [-0.05, 0) is 51.4 Å². The Bertz CT molecular complexity index is 1210. The van der Waals surface area contributed by atoms with Crippen LogP contribution < -0.4 is 5.32 Å². The van der Waals surface area contributed by atoms with Gasteiger partial charge in [0.1, 0.15) is 12.2 Å². The molecular formula is C73H143NO5. The molecule has 0 fully saturated rings. The molecule has 0 spiro atoms. The van der Waals surface area contributed by atoms with Crippen LogP contribution in [0.1, 0.15) is 406 Å². The second-order valence-electron chi connectivity index (χ2n) is 25.3. The third kappa shape index (κ3) is 61.2. The summed E-state index contributed by atoms with van der Waals surface area (Å²) < 4.78 is 0. The predicted molar refractivity (Wildman–Crippen MR) is 348 cm³/mol. The highest BCUT2D eigenvalue weighted by molar-refractivity contribution is 5.80. The van der Waals surface area contributed by atoms with Gasteiger partial charge in [0.05, 0.1) is 18.8 Å². The number of amides is 1. The fraction of sp³-hybridized carbons (Fsp3) is 0.932. The maximum Gasteiger partial charge on any atom is 0.249 e. The van der Waals surface area contributed by atoms with Crippen LogP contribution in [0.4, 0.5) is 0 Å². The van der Waals surface area contributed by atoms with Crippen LogP contribution in [0.25, 0.3) is 0 Å². The Hall–Kier alpha value is -1.21. The summed E-state index contributed by atoms with van der Waals surface area (Å²) in [6.07, 6.45) is 86.1. The highest BCUT2D eigenvalue weighted by Gasteiger charge is 2.28. The third-order valence-corrected chi connectivity index (χ3v) is 17.4. The lowest BCUT2D eigenvalue weighted by atomic mass is 10.00. The Kier molecular flexibility index (Phi) is 66.5. The van der Waals surface area contributed by atoms with E-state index in [2.05, 4.69) is 43.5 Å². The molecule has 4 unspecified atom stereocenters. The van der Waals surface area contributed by atoms with Crippen LogP contribution in [0.3, 0.4) is 0 Å². The van der Waals surface area contributed by atoms with Gasteiger partial charge in [0.25, 0.3) is 0 Å². The molecule has 5 N–H and O–H groups in total. The van der Waals surface area contributed by atoms with Gasteiger partial charge >= 0.3 is 0 Å². The van der Waals surface area contributed by atoms with Crippen molar-refractivity contribution < 1.29 is 25.2 Å². The number of nitrogens with one attached hydrogen (secondary N) is 1. The fourth-order valence-electron chi connectivity index (χ4n) is 11.8. The number of carbonyl (C=O) groups is 1. The molecular weight excluding hydrogens is 971 g/mol. The van der Waals surface area contributed by atoms with Crippen molar-refractivity contribution in [2.45, 2.75) is 430 Å². The van der Waals surface area contributed by atoms with Crippen molar-refractivity contribution in [1.82, 2.24) is 5.32 Å². The average molecular weight is 1110 g/mol. The largest absolute Gasteiger partial charge is 0.394 e. The van der Waals surface area contributed by atoms with Gasteiger partial charge in [0.15, 0.2) is 0 Å². The lowest BCUT2D eigenvalue weighted by molar-refractivity contribution is -0.132. The van der Waals surface area contributed by atoms with E-state index in [1.54, 1.807) is 0 Å². The molecule has 470 valence electrons. The van der Waals surface area contributed by atoms with E-state index in [1.807, 2.05) is 0 Å². The number of hydrogen-bond donors (Lipinski definition) is 5. The van der Waals surface area contributed by atoms with Crippen LogP contribution in [-0.4, -0.2) is 57.3 Å². The van der Waals surface area contributed by atoms with Crippen LogP contribution in [0, 0.1) is 0 Å². The van der Waals surface area contributed by atoms with Crippen molar-refractivity contribution in [2.24, 2.45) is 0 Å². The molecule has 0 aliphatic carbocycles. The van der Waals surface area contributed by atoms with Crippen molar-refractivity contribution in [3.05, 3.63) is 24.3 Å². The second-order valence-corrected chi connectivity index (χ2v) is 25.3. The molecule has 0 aromatic rings. The summed E-state index contributed by atoms with van der Waals surface area (Å²) in [5, 5.41) is 44.2. The van der Waals surface area contributed by atoms with E-state index in [0.717, 1.165) is 38.5 Å². The standard InChI is InChI=1S/C73H143NO5/c1-3-5-7-9-11-13-15-17-19-21-23-25-27-29-31-33-35-37-38-40-42-44-46-48-50-52-54-56-58-60-62-64-66-70(76)72(78)69(68-75)74-73(79)71(77)67-65-63-61-59-57-55-53-51-49-47-45-43-41-39-36-34-32-30-28-26-24-22-20-18-16-14-12-10-8-6-4-2/h50,52,58,60,69-72,75-78H,3-49,51,53-57,59,61-68H2,1-2H3,(H,74,79)/b52-50+,60-58+. The number of unbranched alkanes of at least 4 members (excludes halogenated alkanes) is 55. The monoisotopic (exact) mass is 1110 g/mol. The van der Waals surface area contributed by atoms with E-state index in [0.29, 0.717) is 19.3 Å². The van der Waals surface area contributed by atoms with Gasteiger partial charge in [-0.1, -0.05) is 378 Å². The van der Waals surface area contributed by atoms with Crippen molar-refractivity contribution in [3.8, 4) is 0 Å². The lowest BCUT2D eigenvalue weighted by Crippen LogP contribution is -2.53. The Morgan fingerprint density at radius 3 is 0.797 bits per heavy atom. The Labute approximate surface area is 495 Å². The zero-order chi connectivity index (χ0) is 57.3. The molecule has 0 saturated heterocycles. The van der Waals surface area contributed by atoms with E-state index in [1.165, 1.54) is 334 Å².